The summed E-state index contributed by atoms with van der Waals surface area (Å²) >= 11 is 0. The molecule has 5 heteroatoms. The van der Waals surface area contributed by atoms with E-state index in [-0.39, 0.29) is 17.8 Å². The van der Waals surface area contributed by atoms with Gasteiger partial charge in [-0.1, -0.05) is 6.07 Å². The van der Waals surface area contributed by atoms with Crippen molar-refractivity contribution in [1.82, 2.24) is 5.32 Å². The van der Waals surface area contributed by atoms with Gasteiger partial charge in [0.25, 0.3) is 0 Å². The van der Waals surface area contributed by atoms with Gasteiger partial charge < -0.3 is 20.1 Å². The quantitative estimate of drug-likeness (QED) is 0.771. The minimum Gasteiger partial charge on any atom is -0.396 e. The summed E-state index contributed by atoms with van der Waals surface area (Å²) in [5.74, 6) is -0.170. The molecule has 2 N–H and O–H groups in total. The van der Waals surface area contributed by atoms with Gasteiger partial charge in [0.1, 0.15) is 5.82 Å². The highest BCUT2D eigenvalue weighted by Gasteiger charge is 2.31. The van der Waals surface area contributed by atoms with Crippen molar-refractivity contribution < 1.29 is 14.2 Å². The Labute approximate surface area is 138 Å². The Bertz CT molecular complexity index is 486. The Balaban J connectivity index is 1.92. The van der Waals surface area contributed by atoms with Gasteiger partial charge in [-0.25, -0.2) is 4.39 Å². The van der Waals surface area contributed by atoms with Gasteiger partial charge in [-0.05, 0) is 44.4 Å². The minimum atomic E-state index is -0.170. The molecule has 130 valence electrons. The first-order valence-corrected chi connectivity index (χ1v) is 8.57. The topological polar surface area (TPSA) is 44.7 Å². The zero-order valence-electron chi connectivity index (χ0n) is 14.3. The van der Waals surface area contributed by atoms with Gasteiger partial charge in [0, 0.05) is 44.8 Å². The third-order valence-electron chi connectivity index (χ3n) is 4.83. The van der Waals surface area contributed by atoms with Crippen LogP contribution in [0.25, 0.3) is 0 Å². The van der Waals surface area contributed by atoms with Crippen LogP contribution in [-0.4, -0.2) is 44.6 Å². The van der Waals surface area contributed by atoms with E-state index in [1.165, 1.54) is 0 Å². The Kier molecular flexibility index (Phi) is 6.81. The third kappa shape index (κ3) is 4.66. The summed E-state index contributed by atoms with van der Waals surface area (Å²) < 4.78 is 19.6. The molecule has 0 amide bonds. The molecule has 1 aliphatic rings. The molecule has 0 atom stereocenters. The summed E-state index contributed by atoms with van der Waals surface area (Å²) in [4.78, 5) is 2.01. The maximum Gasteiger partial charge on any atom is 0.146 e. The summed E-state index contributed by atoms with van der Waals surface area (Å²) in [5.41, 5.74) is 1.49. The third-order valence-corrected chi connectivity index (χ3v) is 4.83. The molecule has 0 saturated carbocycles. The molecule has 0 aliphatic carbocycles. The normalized spacial score (nSPS) is 17.2. The number of benzene rings is 1. The molecule has 4 nitrogen and oxygen atoms in total. The fourth-order valence-corrected chi connectivity index (χ4v) is 3.15. The Morgan fingerprint density at radius 2 is 1.96 bits per heavy atom. The summed E-state index contributed by atoms with van der Waals surface area (Å²) in [6.07, 6.45) is 1.73. The van der Waals surface area contributed by atoms with Crippen molar-refractivity contribution in [3.8, 4) is 0 Å². The number of ether oxygens (including phenoxy) is 1. The molecule has 2 rings (SSSR count). The van der Waals surface area contributed by atoms with Gasteiger partial charge in [0.2, 0.25) is 0 Å². The van der Waals surface area contributed by atoms with Crippen LogP contribution in [0, 0.1) is 11.2 Å². The lowest BCUT2D eigenvalue weighted by molar-refractivity contribution is -0.0154. The molecule has 23 heavy (non-hydrogen) atoms. The van der Waals surface area contributed by atoms with E-state index in [2.05, 4.69) is 5.32 Å². The summed E-state index contributed by atoms with van der Waals surface area (Å²) in [6, 6.07) is 5.44. The van der Waals surface area contributed by atoms with E-state index < -0.39 is 0 Å². The van der Waals surface area contributed by atoms with Crippen LogP contribution in [0.2, 0.25) is 0 Å². The maximum atomic E-state index is 14.3. The number of nitrogens with one attached hydrogen (secondary N) is 1. The lowest BCUT2D eigenvalue weighted by Gasteiger charge is -2.35. The molecule has 0 spiro atoms. The highest BCUT2D eigenvalue weighted by atomic mass is 19.1. The predicted octanol–water partition coefficient (Wildman–Crippen LogP) is 2.55. The van der Waals surface area contributed by atoms with Crippen LogP contribution < -0.4 is 10.2 Å². The standard InChI is InChI=1S/C18H29FN2O2/c1-3-21(4-2)17-6-5-15(11-16(17)19)12-20-13-18(14-22)7-9-23-10-8-18/h5-6,11,20,22H,3-4,7-10,12-14H2,1-2H3. The van der Waals surface area contributed by atoms with Crippen LogP contribution >= 0.6 is 0 Å². The average Bonchev–Trinajstić information content (AvgIpc) is 2.58. The van der Waals surface area contributed by atoms with Crippen LogP contribution in [0.5, 0.6) is 0 Å². The number of aliphatic hydroxyl groups excluding tert-OH is 1. The Morgan fingerprint density at radius 3 is 2.52 bits per heavy atom. The first kappa shape index (κ1) is 18.2. The largest absolute Gasteiger partial charge is 0.396 e. The molecule has 1 aromatic carbocycles. The smallest absolute Gasteiger partial charge is 0.146 e. The van der Waals surface area contributed by atoms with Crippen molar-refractivity contribution in [1.29, 1.82) is 0 Å². The van der Waals surface area contributed by atoms with E-state index >= 15 is 0 Å². The van der Waals surface area contributed by atoms with Crippen molar-refractivity contribution in [2.45, 2.75) is 33.2 Å². The lowest BCUT2D eigenvalue weighted by Crippen LogP contribution is -2.41. The zero-order valence-corrected chi connectivity index (χ0v) is 14.3. The van der Waals surface area contributed by atoms with Gasteiger partial charge in [-0.3, -0.25) is 0 Å². The van der Waals surface area contributed by atoms with Crippen molar-refractivity contribution in [3.63, 3.8) is 0 Å². The number of hydrogen-bond acceptors (Lipinski definition) is 4. The van der Waals surface area contributed by atoms with E-state index in [1.54, 1.807) is 6.07 Å². The van der Waals surface area contributed by atoms with E-state index in [1.807, 2.05) is 30.9 Å². The first-order valence-electron chi connectivity index (χ1n) is 8.57. The monoisotopic (exact) mass is 324 g/mol. The SMILES string of the molecule is CCN(CC)c1ccc(CNCC2(CO)CCOCC2)cc1F. The van der Waals surface area contributed by atoms with Crippen LogP contribution in [0.4, 0.5) is 10.1 Å². The van der Waals surface area contributed by atoms with E-state index in [0.29, 0.717) is 25.4 Å². The molecule has 1 saturated heterocycles. The number of halogens is 1. The van der Waals surface area contributed by atoms with Crippen LogP contribution in [-0.2, 0) is 11.3 Å². The van der Waals surface area contributed by atoms with E-state index in [4.69, 9.17) is 4.74 Å². The van der Waals surface area contributed by atoms with Crippen LogP contribution in [0.3, 0.4) is 0 Å². The number of nitrogens with zero attached hydrogens (tertiary/aromatic N) is 1. The van der Waals surface area contributed by atoms with E-state index in [0.717, 1.165) is 38.0 Å². The minimum absolute atomic E-state index is 0.0993. The Hall–Kier alpha value is -1.17. The summed E-state index contributed by atoms with van der Waals surface area (Å²) in [7, 11) is 0. The molecule has 0 aromatic heterocycles. The number of hydrogen-bond donors (Lipinski definition) is 2. The molecular formula is C18H29FN2O2. The lowest BCUT2D eigenvalue weighted by atomic mass is 9.81. The van der Waals surface area contributed by atoms with Crippen molar-refractivity contribution in [2.75, 3.05) is 44.4 Å². The molecule has 1 fully saturated rings. The Morgan fingerprint density at radius 1 is 1.26 bits per heavy atom. The van der Waals surface area contributed by atoms with Crippen LogP contribution in [0.15, 0.2) is 18.2 Å². The molecule has 0 unspecified atom stereocenters. The van der Waals surface area contributed by atoms with Gasteiger partial charge in [0.05, 0.1) is 12.3 Å². The summed E-state index contributed by atoms with van der Waals surface area (Å²) in [5, 5.41) is 13.0. The second kappa shape index (κ2) is 8.62. The van der Waals surface area contributed by atoms with Crippen molar-refractivity contribution in [2.24, 2.45) is 5.41 Å². The number of rotatable bonds is 8. The van der Waals surface area contributed by atoms with Gasteiger partial charge in [0.15, 0.2) is 0 Å². The fraction of sp³-hybridized carbons (Fsp3) is 0.667. The number of aliphatic hydroxyl groups is 1. The van der Waals surface area contributed by atoms with Crippen molar-refractivity contribution >= 4 is 5.69 Å². The molecule has 1 aromatic rings. The van der Waals surface area contributed by atoms with Crippen molar-refractivity contribution in [3.05, 3.63) is 29.6 Å². The van der Waals surface area contributed by atoms with Gasteiger partial charge in [-0.2, -0.15) is 0 Å². The molecule has 0 bridgehead atoms. The highest BCUT2D eigenvalue weighted by molar-refractivity contribution is 5.49. The van der Waals surface area contributed by atoms with Gasteiger partial charge in [-0.15, -0.1) is 0 Å². The molecular weight excluding hydrogens is 295 g/mol. The molecule has 1 aliphatic heterocycles. The highest BCUT2D eigenvalue weighted by Crippen LogP contribution is 2.29. The second-order valence-electron chi connectivity index (χ2n) is 6.33. The van der Waals surface area contributed by atoms with Gasteiger partial charge >= 0.3 is 0 Å². The van der Waals surface area contributed by atoms with E-state index in [9.17, 15) is 9.50 Å². The maximum absolute atomic E-state index is 14.3. The average molecular weight is 324 g/mol. The predicted molar refractivity (Wildman–Crippen MR) is 91.2 cm³/mol. The number of anilines is 1. The second-order valence-corrected chi connectivity index (χ2v) is 6.33. The summed E-state index contributed by atoms with van der Waals surface area (Å²) in [6.45, 7) is 8.56. The molecule has 1 heterocycles. The first-order chi connectivity index (χ1) is 11.1. The fourth-order valence-electron chi connectivity index (χ4n) is 3.15. The zero-order chi connectivity index (χ0) is 16.7. The van der Waals surface area contributed by atoms with Crippen LogP contribution in [0.1, 0.15) is 32.3 Å². The molecule has 0 radical (unpaired) electrons.